The van der Waals surface area contributed by atoms with E-state index in [9.17, 15) is 8.42 Å². The average Bonchev–Trinajstić information content (AvgIpc) is 2.34. The number of rotatable bonds is 3. The van der Waals surface area contributed by atoms with Crippen LogP contribution in [-0.2, 0) is 16.4 Å². The van der Waals surface area contributed by atoms with Crippen molar-refractivity contribution in [2.75, 3.05) is 12.8 Å². The zero-order chi connectivity index (χ0) is 9.19. The second-order valence-electron chi connectivity index (χ2n) is 2.48. The van der Waals surface area contributed by atoms with Gasteiger partial charge in [-0.1, -0.05) is 0 Å². The smallest absolute Gasteiger partial charge is 0.237 e. The summed E-state index contributed by atoms with van der Waals surface area (Å²) < 4.78 is 23.3. The molecule has 12 heavy (non-hydrogen) atoms. The molecule has 0 fully saturated rings. The van der Waals surface area contributed by atoms with Crippen molar-refractivity contribution in [3.63, 3.8) is 0 Å². The van der Waals surface area contributed by atoms with Gasteiger partial charge in [0.1, 0.15) is 6.33 Å². The van der Waals surface area contributed by atoms with Crippen LogP contribution in [0.3, 0.4) is 0 Å². The first-order valence-corrected chi connectivity index (χ1v) is 5.32. The summed E-state index contributed by atoms with van der Waals surface area (Å²) in [7, 11) is -3.21. The summed E-state index contributed by atoms with van der Waals surface area (Å²) >= 11 is 0. The van der Waals surface area contributed by atoms with Crippen LogP contribution >= 0.6 is 0 Å². The van der Waals surface area contributed by atoms with E-state index in [1.54, 1.807) is 0 Å². The minimum atomic E-state index is -3.21. The van der Waals surface area contributed by atoms with Crippen molar-refractivity contribution in [3.8, 4) is 0 Å². The monoisotopic (exact) mass is 189 g/mol. The Labute approximate surface area is 71.3 Å². The number of imidazole rings is 1. The molecule has 1 aromatic heterocycles. The maximum absolute atomic E-state index is 11.1. The maximum atomic E-state index is 11.1. The van der Waals surface area contributed by atoms with E-state index in [0.717, 1.165) is 10.2 Å². The Morgan fingerprint density at radius 3 is 2.83 bits per heavy atom. The molecule has 0 spiro atoms. The standard InChI is InChI=1S/C6H11N3O2S/c1-12(10,11)9-5-8-4-6(9)2-3-7/h4-5H,2-3,7H2,1H3. The molecule has 1 rings (SSSR count). The van der Waals surface area contributed by atoms with Gasteiger partial charge in [-0.2, -0.15) is 0 Å². The van der Waals surface area contributed by atoms with Crippen LogP contribution in [0.5, 0.6) is 0 Å². The Morgan fingerprint density at radius 1 is 1.67 bits per heavy atom. The molecule has 1 heterocycles. The molecule has 6 heteroatoms. The van der Waals surface area contributed by atoms with Crippen molar-refractivity contribution in [2.45, 2.75) is 6.42 Å². The second kappa shape index (κ2) is 3.24. The number of aromatic nitrogens is 2. The summed E-state index contributed by atoms with van der Waals surface area (Å²) in [6.07, 6.45) is 4.44. The fourth-order valence-corrected chi connectivity index (χ4v) is 1.72. The van der Waals surface area contributed by atoms with Crippen molar-refractivity contribution < 1.29 is 8.42 Å². The van der Waals surface area contributed by atoms with Gasteiger partial charge in [0.25, 0.3) is 0 Å². The van der Waals surface area contributed by atoms with E-state index >= 15 is 0 Å². The molecule has 68 valence electrons. The zero-order valence-electron chi connectivity index (χ0n) is 6.77. The van der Waals surface area contributed by atoms with Crippen molar-refractivity contribution in [2.24, 2.45) is 5.73 Å². The zero-order valence-corrected chi connectivity index (χ0v) is 7.58. The van der Waals surface area contributed by atoms with Gasteiger partial charge in [0.05, 0.1) is 11.9 Å². The van der Waals surface area contributed by atoms with E-state index in [-0.39, 0.29) is 0 Å². The number of hydrogen-bond acceptors (Lipinski definition) is 4. The molecule has 0 radical (unpaired) electrons. The fraction of sp³-hybridized carbons (Fsp3) is 0.500. The lowest BCUT2D eigenvalue weighted by atomic mass is 10.3. The Balaban J connectivity index is 3.08. The van der Waals surface area contributed by atoms with Gasteiger partial charge < -0.3 is 5.73 Å². The highest BCUT2D eigenvalue weighted by Crippen LogP contribution is 2.02. The maximum Gasteiger partial charge on any atom is 0.237 e. The van der Waals surface area contributed by atoms with Crippen LogP contribution in [-0.4, -0.2) is 30.2 Å². The van der Waals surface area contributed by atoms with Crippen LogP contribution in [0.15, 0.2) is 12.5 Å². The molecule has 0 aliphatic rings. The fourth-order valence-electron chi connectivity index (χ4n) is 0.932. The molecule has 0 saturated heterocycles. The molecule has 0 saturated carbocycles. The molecule has 0 unspecified atom stereocenters. The third kappa shape index (κ3) is 1.83. The van der Waals surface area contributed by atoms with Crippen molar-refractivity contribution in [1.82, 2.24) is 8.96 Å². The molecule has 0 aromatic carbocycles. The van der Waals surface area contributed by atoms with Crippen LogP contribution in [0.1, 0.15) is 5.69 Å². The quantitative estimate of drug-likeness (QED) is 0.674. The van der Waals surface area contributed by atoms with E-state index in [4.69, 9.17) is 5.73 Å². The Morgan fingerprint density at radius 2 is 2.33 bits per heavy atom. The number of nitrogens with two attached hydrogens (primary N) is 1. The van der Waals surface area contributed by atoms with Gasteiger partial charge in [0, 0.05) is 12.6 Å². The molecule has 0 bridgehead atoms. The summed E-state index contributed by atoms with van der Waals surface area (Å²) in [4.78, 5) is 3.74. The van der Waals surface area contributed by atoms with Gasteiger partial charge in [0.15, 0.2) is 0 Å². The highest BCUT2D eigenvalue weighted by Gasteiger charge is 2.09. The van der Waals surface area contributed by atoms with Gasteiger partial charge in [-0.25, -0.2) is 17.4 Å². The number of hydrogen-bond donors (Lipinski definition) is 1. The third-order valence-corrected chi connectivity index (χ3v) is 2.48. The van der Waals surface area contributed by atoms with Crippen LogP contribution in [0.4, 0.5) is 0 Å². The first kappa shape index (κ1) is 9.21. The Kier molecular flexibility index (Phi) is 2.49. The van der Waals surface area contributed by atoms with Gasteiger partial charge in [0.2, 0.25) is 10.0 Å². The second-order valence-corrected chi connectivity index (χ2v) is 4.34. The minimum Gasteiger partial charge on any atom is -0.330 e. The molecular weight excluding hydrogens is 178 g/mol. The van der Waals surface area contributed by atoms with Crippen LogP contribution in [0.25, 0.3) is 0 Å². The average molecular weight is 189 g/mol. The van der Waals surface area contributed by atoms with Gasteiger partial charge >= 0.3 is 0 Å². The summed E-state index contributed by atoms with van der Waals surface area (Å²) in [5.74, 6) is 0. The van der Waals surface area contributed by atoms with E-state index in [2.05, 4.69) is 4.98 Å². The molecule has 0 aliphatic carbocycles. The highest BCUT2D eigenvalue weighted by atomic mass is 32.2. The molecule has 1 aromatic rings. The lowest BCUT2D eigenvalue weighted by Crippen LogP contribution is -2.14. The summed E-state index contributed by atoms with van der Waals surface area (Å²) in [6, 6.07) is 0. The molecule has 0 atom stereocenters. The predicted molar refractivity (Wildman–Crippen MR) is 45.2 cm³/mol. The van der Waals surface area contributed by atoms with Crippen molar-refractivity contribution in [3.05, 3.63) is 18.2 Å². The predicted octanol–water partition coefficient (Wildman–Crippen LogP) is -0.808. The van der Waals surface area contributed by atoms with Crippen molar-refractivity contribution >= 4 is 10.0 Å². The molecule has 2 N–H and O–H groups in total. The first-order valence-electron chi connectivity index (χ1n) is 3.47. The topological polar surface area (TPSA) is 78.0 Å². The van der Waals surface area contributed by atoms with Crippen LogP contribution < -0.4 is 5.73 Å². The normalized spacial score (nSPS) is 11.8. The Bertz CT molecular complexity index is 355. The third-order valence-electron chi connectivity index (χ3n) is 1.44. The lowest BCUT2D eigenvalue weighted by Gasteiger charge is -2.02. The molecule has 0 amide bonds. The van der Waals surface area contributed by atoms with E-state index in [1.165, 1.54) is 12.5 Å². The lowest BCUT2D eigenvalue weighted by molar-refractivity contribution is 0.591. The summed E-state index contributed by atoms with van der Waals surface area (Å²) in [5, 5.41) is 0. The summed E-state index contributed by atoms with van der Waals surface area (Å²) in [5.41, 5.74) is 5.92. The molecule has 0 aliphatic heterocycles. The SMILES string of the molecule is CS(=O)(=O)n1cncc1CCN. The Hall–Kier alpha value is -0.880. The molecule has 5 nitrogen and oxygen atoms in total. The van der Waals surface area contributed by atoms with E-state index < -0.39 is 10.0 Å². The van der Waals surface area contributed by atoms with Gasteiger partial charge in [-0.3, -0.25) is 0 Å². The highest BCUT2D eigenvalue weighted by molar-refractivity contribution is 7.89. The van der Waals surface area contributed by atoms with E-state index in [1.807, 2.05) is 0 Å². The number of nitrogens with zero attached hydrogens (tertiary/aromatic N) is 2. The molecular formula is C6H11N3O2S. The van der Waals surface area contributed by atoms with Crippen LogP contribution in [0, 0.1) is 0 Å². The van der Waals surface area contributed by atoms with Crippen molar-refractivity contribution in [1.29, 1.82) is 0 Å². The van der Waals surface area contributed by atoms with Gasteiger partial charge in [-0.15, -0.1) is 0 Å². The first-order chi connectivity index (χ1) is 5.55. The largest absolute Gasteiger partial charge is 0.330 e. The van der Waals surface area contributed by atoms with Crippen LogP contribution in [0.2, 0.25) is 0 Å². The van der Waals surface area contributed by atoms with E-state index in [0.29, 0.717) is 18.7 Å². The van der Waals surface area contributed by atoms with Gasteiger partial charge in [-0.05, 0) is 6.54 Å². The minimum absolute atomic E-state index is 0.418. The summed E-state index contributed by atoms with van der Waals surface area (Å²) in [6.45, 7) is 0.418.